The molecule has 0 aromatic rings. The molecule has 0 aromatic heterocycles. The van der Waals surface area contributed by atoms with Gasteiger partial charge in [-0.15, -0.1) is 0 Å². The molecular formula is C12H27BrOSi. The van der Waals surface area contributed by atoms with Crippen LogP contribution in [0.1, 0.15) is 46.5 Å². The first-order valence-electron chi connectivity index (χ1n) is 5.97. The lowest BCUT2D eigenvalue weighted by atomic mass is 10.2. The summed E-state index contributed by atoms with van der Waals surface area (Å²) in [5, 5.41) is 11.6. The van der Waals surface area contributed by atoms with Crippen LogP contribution in [0.4, 0.5) is 0 Å². The van der Waals surface area contributed by atoms with Gasteiger partial charge in [0.15, 0.2) is 0 Å². The van der Waals surface area contributed by atoms with Gasteiger partial charge in [-0.3, -0.25) is 0 Å². The van der Waals surface area contributed by atoms with Crippen LogP contribution in [0.25, 0.3) is 0 Å². The maximum atomic E-state index is 10.3. The molecule has 1 unspecified atom stereocenters. The van der Waals surface area contributed by atoms with Gasteiger partial charge in [0, 0.05) is 11.1 Å². The lowest BCUT2D eigenvalue weighted by Crippen LogP contribution is -2.49. The molecule has 0 saturated carbocycles. The van der Waals surface area contributed by atoms with Crippen LogP contribution in [-0.2, 0) is 0 Å². The molecule has 15 heavy (non-hydrogen) atoms. The van der Waals surface area contributed by atoms with Crippen LogP contribution in [0.2, 0.25) is 18.1 Å². The normalized spacial score (nSPS) is 15.4. The summed E-state index contributed by atoms with van der Waals surface area (Å²) in [5.41, 5.74) is -0.0483. The van der Waals surface area contributed by atoms with Crippen molar-refractivity contribution in [2.24, 2.45) is 0 Å². The van der Waals surface area contributed by atoms with Gasteiger partial charge in [-0.25, -0.2) is 0 Å². The van der Waals surface area contributed by atoms with Crippen LogP contribution in [0.5, 0.6) is 0 Å². The molecular weight excluding hydrogens is 268 g/mol. The minimum atomic E-state index is -1.52. The van der Waals surface area contributed by atoms with Gasteiger partial charge in [-0.2, -0.15) is 0 Å². The van der Waals surface area contributed by atoms with Crippen molar-refractivity contribution in [1.82, 2.24) is 0 Å². The zero-order valence-corrected chi connectivity index (χ0v) is 13.5. The number of halogens is 1. The van der Waals surface area contributed by atoms with E-state index in [4.69, 9.17) is 0 Å². The van der Waals surface area contributed by atoms with E-state index in [0.717, 1.165) is 11.8 Å². The van der Waals surface area contributed by atoms with Crippen molar-refractivity contribution in [2.75, 3.05) is 5.33 Å². The molecule has 0 aromatic carbocycles. The van der Waals surface area contributed by atoms with Crippen molar-refractivity contribution in [2.45, 2.75) is 70.3 Å². The predicted octanol–water partition coefficient (Wildman–Crippen LogP) is 4.35. The molecule has 1 atom stereocenters. The first-order valence-corrected chi connectivity index (χ1v) is 10.2. The number of unbranched alkanes of at least 4 members (excludes halogenated alkanes) is 2. The third-order valence-electron chi connectivity index (χ3n) is 3.88. The van der Waals surface area contributed by atoms with Crippen LogP contribution in [0, 0.1) is 0 Å². The van der Waals surface area contributed by atoms with E-state index >= 15 is 0 Å². The zero-order chi connectivity index (χ0) is 12.1. The molecule has 1 N–H and O–H groups in total. The summed E-state index contributed by atoms with van der Waals surface area (Å²) in [5.74, 6) is 0. The number of hydrogen-bond acceptors (Lipinski definition) is 1. The first-order chi connectivity index (χ1) is 6.73. The molecule has 0 bridgehead atoms. The van der Waals surface area contributed by atoms with E-state index in [0.29, 0.717) is 5.04 Å². The molecule has 0 aliphatic rings. The highest BCUT2D eigenvalue weighted by molar-refractivity contribution is 9.09. The number of rotatable bonds is 6. The summed E-state index contributed by atoms with van der Waals surface area (Å²) in [6.07, 6.45) is 4.62. The predicted molar refractivity (Wildman–Crippen MR) is 75.5 cm³/mol. The Labute approximate surface area is 105 Å². The zero-order valence-electron chi connectivity index (χ0n) is 10.9. The lowest BCUT2D eigenvalue weighted by molar-refractivity contribution is 0.222. The molecule has 0 amide bonds. The molecule has 1 nitrogen and oxygen atoms in total. The number of aliphatic hydroxyl groups excluding tert-OH is 1. The van der Waals surface area contributed by atoms with Crippen molar-refractivity contribution in [3.05, 3.63) is 0 Å². The third kappa shape index (κ3) is 5.01. The molecule has 0 radical (unpaired) electrons. The van der Waals surface area contributed by atoms with Crippen LogP contribution in [-0.4, -0.2) is 24.2 Å². The fraction of sp³-hybridized carbons (Fsp3) is 1.00. The molecule has 0 fully saturated rings. The van der Waals surface area contributed by atoms with Crippen LogP contribution in [0.3, 0.4) is 0 Å². The highest BCUT2D eigenvalue weighted by Gasteiger charge is 2.40. The van der Waals surface area contributed by atoms with Crippen molar-refractivity contribution in [3.63, 3.8) is 0 Å². The molecule has 0 rings (SSSR count). The third-order valence-corrected chi connectivity index (χ3v) is 10.3. The summed E-state index contributed by atoms with van der Waals surface area (Å²) in [4.78, 5) is 0. The van der Waals surface area contributed by atoms with Gasteiger partial charge in [0.25, 0.3) is 0 Å². The highest BCUT2D eigenvalue weighted by Crippen LogP contribution is 2.39. The summed E-state index contributed by atoms with van der Waals surface area (Å²) in [6, 6.07) is 0. The lowest BCUT2D eigenvalue weighted by Gasteiger charge is -2.40. The number of hydrogen-bond donors (Lipinski definition) is 1. The van der Waals surface area contributed by atoms with Crippen molar-refractivity contribution < 1.29 is 5.11 Å². The Morgan fingerprint density at radius 1 is 1.13 bits per heavy atom. The van der Waals surface area contributed by atoms with Crippen LogP contribution >= 0.6 is 15.9 Å². The smallest absolute Gasteiger partial charge is 0.0864 e. The van der Waals surface area contributed by atoms with Crippen LogP contribution in [0.15, 0.2) is 0 Å². The van der Waals surface area contributed by atoms with Crippen molar-refractivity contribution in [1.29, 1.82) is 0 Å². The summed E-state index contributed by atoms with van der Waals surface area (Å²) >= 11 is 3.43. The maximum absolute atomic E-state index is 10.3. The van der Waals surface area contributed by atoms with E-state index in [-0.39, 0.29) is 5.73 Å². The van der Waals surface area contributed by atoms with Crippen LogP contribution < -0.4 is 0 Å². The number of aliphatic hydroxyl groups is 1. The first kappa shape index (κ1) is 15.7. The number of alkyl halides is 1. The average Bonchev–Trinajstić information content (AvgIpc) is 2.10. The van der Waals surface area contributed by atoms with Gasteiger partial charge in [0.05, 0.1) is 8.07 Å². The fourth-order valence-corrected chi connectivity index (χ4v) is 3.79. The van der Waals surface area contributed by atoms with E-state index in [9.17, 15) is 5.11 Å². The molecule has 0 heterocycles. The molecule has 0 aliphatic carbocycles. The van der Waals surface area contributed by atoms with E-state index in [1.54, 1.807) is 0 Å². The Morgan fingerprint density at radius 2 is 1.67 bits per heavy atom. The van der Waals surface area contributed by atoms with E-state index in [1.807, 2.05) is 0 Å². The summed E-state index contributed by atoms with van der Waals surface area (Å²) < 4.78 is 0. The Hall–Kier alpha value is 0.657. The molecule has 0 saturated heterocycles. The summed E-state index contributed by atoms with van der Waals surface area (Å²) in [6.45, 7) is 11.4. The van der Waals surface area contributed by atoms with Crippen molar-refractivity contribution in [3.8, 4) is 0 Å². The van der Waals surface area contributed by atoms with Gasteiger partial charge in [-0.05, 0) is 17.9 Å². The molecule has 0 spiro atoms. The summed E-state index contributed by atoms with van der Waals surface area (Å²) in [7, 11) is -1.52. The van der Waals surface area contributed by atoms with Gasteiger partial charge < -0.3 is 5.11 Å². The second-order valence-electron chi connectivity index (χ2n) is 6.03. The Balaban J connectivity index is 4.03. The monoisotopic (exact) mass is 294 g/mol. The molecule has 0 aliphatic heterocycles. The van der Waals surface area contributed by atoms with Gasteiger partial charge in [-0.1, -0.05) is 62.6 Å². The van der Waals surface area contributed by atoms with Gasteiger partial charge in [0.2, 0.25) is 0 Å². The Bertz CT molecular complexity index is 175. The largest absolute Gasteiger partial charge is 0.397 e. The Kier molecular flexibility index (Phi) is 6.69. The van der Waals surface area contributed by atoms with Gasteiger partial charge in [0.1, 0.15) is 0 Å². The SMILES string of the molecule is CC(C)(C)[Si](C)(C)C(O)CCCCCBr. The molecule has 92 valence electrons. The highest BCUT2D eigenvalue weighted by atomic mass is 79.9. The maximum Gasteiger partial charge on any atom is 0.0864 e. The van der Waals surface area contributed by atoms with Crippen molar-refractivity contribution >= 4 is 24.0 Å². The van der Waals surface area contributed by atoms with Gasteiger partial charge >= 0.3 is 0 Å². The van der Waals surface area contributed by atoms with E-state index in [1.165, 1.54) is 19.3 Å². The fourth-order valence-electron chi connectivity index (χ4n) is 1.47. The second-order valence-corrected chi connectivity index (χ2v) is 12.4. The van der Waals surface area contributed by atoms with E-state index in [2.05, 4.69) is 49.8 Å². The standard InChI is InChI=1S/C12H27BrOSi/c1-12(2,3)15(4,5)11(14)9-7-6-8-10-13/h11,14H,6-10H2,1-5H3. The minimum Gasteiger partial charge on any atom is -0.397 e. The van der Waals surface area contributed by atoms with E-state index < -0.39 is 8.07 Å². The minimum absolute atomic E-state index is 0.0483. The average molecular weight is 295 g/mol. The Morgan fingerprint density at radius 3 is 2.07 bits per heavy atom. The topological polar surface area (TPSA) is 20.2 Å². The second kappa shape index (κ2) is 6.41. The molecule has 3 heteroatoms. The quantitative estimate of drug-likeness (QED) is 0.439.